The summed E-state index contributed by atoms with van der Waals surface area (Å²) in [4.78, 5) is 14.6. The van der Waals surface area contributed by atoms with Crippen LogP contribution in [0.5, 0.6) is 0 Å². The molecule has 23 atom stereocenters. The van der Waals surface area contributed by atoms with Gasteiger partial charge < -0.3 is 84.6 Å². The molecule has 3 heterocycles. The number of carbonyl (C=O) groups is 1. The summed E-state index contributed by atoms with van der Waals surface area (Å²) in [6, 6.07) is 0. The minimum Gasteiger partial charge on any atom is -0.432 e. The van der Waals surface area contributed by atoms with E-state index in [9.17, 15) is 61.0 Å². The number of aliphatic hydroxyl groups excluding tert-OH is 11. The van der Waals surface area contributed by atoms with Crippen molar-refractivity contribution in [2.45, 2.75) is 204 Å². The second kappa shape index (κ2) is 18.1. The maximum Gasteiger partial charge on any atom is 0.315 e. The van der Waals surface area contributed by atoms with Crippen LogP contribution in [0.1, 0.15) is 106 Å². The first-order chi connectivity index (χ1) is 30.5. The molecule has 18 heteroatoms. The first-order valence-electron chi connectivity index (χ1n) is 23.9. The second-order valence-electron chi connectivity index (χ2n) is 22.9. The summed E-state index contributed by atoms with van der Waals surface area (Å²) in [5.41, 5.74) is -0.253. The van der Waals surface area contributed by atoms with E-state index in [1.54, 1.807) is 0 Å². The molecule has 372 valence electrons. The molecule has 65 heavy (non-hydrogen) atoms. The first-order valence-corrected chi connectivity index (χ1v) is 23.9. The number of carbonyl (C=O) groups excluding carboxylic acids is 1. The summed E-state index contributed by atoms with van der Waals surface area (Å²) in [5.74, 6) is 0.116. The van der Waals surface area contributed by atoms with E-state index in [-0.39, 0.29) is 34.0 Å². The third-order valence-electron chi connectivity index (χ3n) is 18.5. The Kier molecular flexibility index (Phi) is 13.9. The van der Waals surface area contributed by atoms with Crippen LogP contribution in [-0.4, -0.2) is 180 Å². The number of hydrogen-bond acceptors (Lipinski definition) is 18. The SMILES string of the molecule is CC1(C)CCC2(C(=O)OC3OC(CO)C(O)C(O)C3O)CCC3C(=CCC4C3(C)CCC3C(C)(C)C(OC5OC(CO)C(O)C(OC6OC(CO)C(O)C(O)C6O)C5O)CCC34C)C2C1. The fourth-order valence-corrected chi connectivity index (χ4v) is 14.7. The highest BCUT2D eigenvalue weighted by Crippen LogP contribution is 2.72. The fraction of sp³-hybridized carbons (Fsp3) is 0.936. The number of aliphatic hydroxyl groups is 11. The second-order valence-corrected chi connectivity index (χ2v) is 22.9. The minimum absolute atomic E-state index is 0.0406. The number of allylic oxidation sites excluding steroid dienone is 2. The van der Waals surface area contributed by atoms with Gasteiger partial charge in [0.05, 0.1) is 31.3 Å². The van der Waals surface area contributed by atoms with Crippen LogP contribution in [0.25, 0.3) is 0 Å². The van der Waals surface area contributed by atoms with Gasteiger partial charge in [-0.2, -0.15) is 0 Å². The molecule has 5 aliphatic carbocycles. The van der Waals surface area contributed by atoms with Gasteiger partial charge in [0.25, 0.3) is 0 Å². The Morgan fingerprint density at radius 2 is 1.14 bits per heavy atom. The van der Waals surface area contributed by atoms with Crippen molar-refractivity contribution in [3.8, 4) is 0 Å². The lowest BCUT2D eigenvalue weighted by Gasteiger charge is -2.68. The van der Waals surface area contributed by atoms with Crippen LogP contribution in [0.3, 0.4) is 0 Å². The van der Waals surface area contributed by atoms with E-state index in [4.69, 9.17) is 28.4 Å². The van der Waals surface area contributed by atoms with Crippen LogP contribution in [0.15, 0.2) is 11.6 Å². The first kappa shape index (κ1) is 50.0. The van der Waals surface area contributed by atoms with Crippen LogP contribution in [0.2, 0.25) is 0 Å². The Balaban J connectivity index is 1.00. The van der Waals surface area contributed by atoms with E-state index in [0.29, 0.717) is 25.2 Å². The molecule has 0 aromatic carbocycles. The van der Waals surface area contributed by atoms with Gasteiger partial charge in [0.15, 0.2) is 12.6 Å². The van der Waals surface area contributed by atoms with Crippen LogP contribution >= 0.6 is 0 Å². The van der Waals surface area contributed by atoms with Gasteiger partial charge in [0, 0.05) is 0 Å². The third-order valence-corrected chi connectivity index (χ3v) is 18.5. The van der Waals surface area contributed by atoms with Crippen molar-refractivity contribution in [2.75, 3.05) is 19.8 Å². The standard InChI is InChI=1S/C47H76O18/c1-43(2)15-16-47(42(59)65-40-36(57)34(55)31(52)25(19-49)61-40)14-9-22-21(23(47)17-43)7-8-28-45(22,5)12-10-27-44(3,4)29(11-13-46(27,28)6)63-41-37(58)38(32(53)26(20-50)62-41)64-39-35(56)33(54)30(51)24(18-48)60-39/h7,22-41,48-58H,8-20H2,1-6H3. The maximum atomic E-state index is 14.6. The predicted octanol–water partition coefficient (Wildman–Crippen LogP) is -0.250. The number of hydrogen-bond donors (Lipinski definition) is 11. The number of fused-ring (bicyclic) bond motifs is 7. The van der Waals surface area contributed by atoms with Crippen molar-refractivity contribution < 1.29 is 89.4 Å². The predicted molar refractivity (Wildman–Crippen MR) is 226 cm³/mol. The van der Waals surface area contributed by atoms with Crippen molar-refractivity contribution in [1.82, 2.24) is 0 Å². The van der Waals surface area contributed by atoms with Crippen molar-refractivity contribution in [1.29, 1.82) is 0 Å². The Labute approximate surface area is 380 Å². The lowest BCUT2D eigenvalue weighted by molar-refractivity contribution is -0.369. The zero-order valence-corrected chi connectivity index (χ0v) is 38.6. The largest absolute Gasteiger partial charge is 0.432 e. The van der Waals surface area contributed by atoms with Gasteiger partial charge in [0.2, 0.25) is 6.29 Å². The summed E-state index contributed by atoms with van der Waals surface area (Å²) >= 11 is 0. The van der Waals surface area contributed by atoms with Gasteiger partial charge in [0.1, 0.15) is 73.2 Å². The summed E-state index contributed by atoms with van der Waals surface area (Å²) in [6.07, 6.45) is -13.5. The van der Waals surface area contributed by atoms with Crippen LogP contribution in [0, 0.1) is 50.7 Å². The molecular formula is C47H76O18. The lowest BCUT2D eigenvalue weighted by Crippen LogP contribution is -2.66. The molecule has 11 N–H and O–H groups in total. The average molecular weight is 929 g/mol. The van der Waals surface area contributed by atoms with Crippen molar-refractivity contribution in [3.63, 3.8) is 0 Å². The van der Waals surface area contributed by atoms with Crippen molar-refractivity contribution in [2.24, 2.45) is 50.7 Å². The van der Waals surface area contributed by atoms with E-state index < -0.39 is 135 Å². The Hall–Kier alpha value is -1.43. The molecule has 8 aliphatic rings. The molecule has 18 nitrogen and oxygen atoms in total. The molecule has 8 rings (SSSR count). The average Bonchev–Trinajstić information content (AvgIpc) is 3.26. The zero-order valence-electron chi connectivity index (χ0n) is 38.6. The number of rotatable bonds is 9. The van der Waals surface area contributed by atoms with Gasteiger partial charge in [-0.1, -0.05) is 53.2 Å². The van der Waals surface area contributed by atoms with E-state index in [0.717, 1.165) is 44.9 Å². The Morgan fingerprint density at radius 1 is 0.585 bits per heavy atom. The third kappa shape index (κ3) is 8.18. The molecule has 0 aromatic rings. The minimum atomic E-state index is -1.79. The van der Waals surface area contributed by atoms with Crippen LogP contribution in [-0.2, 0) is 33.2 Å². The molecule has 0 bridgehead atoms. The van der Waals surface area contributed by atoms with E-state index >= 15 is 0 Å². The Bertz CT molecular complexity index is 1740. The van der Waals surface area contributed by atoms with Crippen molar-refractivity contribution in [3.05, 3.63) is 11.6 Å². The molecule has 0 amide bonds. The molecule has 0 aromatic heterocycles. The highest BCUT2D eigenvalue weighted by Gasteiger charge is 2.67. The van der Waals surface area contributed by atoms with Crippen molar-refractivity contribution >= 4 is 5.97 Å². The van der Waals surface area contributed by atoms with Crippen LogP contribution < -0.4 is 0 Å². The van der Waals surface area contributed by atoms with Gasteiger partial charge in [-0.05, 0) is 110 Å². The highest BCUT2D eigenvalue weighted by molar-refractivity contribution is 5.79. The van der Waals surface area contributed by atoms with Gasteiger partial charge in [-0.15, -0.1) is 0 Å². The molecule has 3 aliphatic heterocycles. The quantitative estimate of drug-likeness (QED) is 0.0808. The normalized spacial score (nSPS) is 52.8. The molecule has 0 radical (unpaired) electrons. The van der Waals surface area contributed by atoms with Gasteiger partial charge in [-0.3, -0.25) is 4.79 Å². The fourth-order valence-electron chi connectivity index (χ4n) is 14.7. The topological polar surface area (TPSA) is 295 Å². The van der Waals surface area contributed by atoms with E-state index in [1.807, 2.05) is 0 Å². The summed E-state index contributed by atoms with van der Waals surface area (Å²) < 4.78 is 35.6. The van der Waals surface area contributed by atoms with Gasteiger partial charge >= 0.3 is 5.97 Å². The molecule has 7 fully saturated rings. The summed E-state index contributed by atoms with van der Waals surface area (Å²) in [6.45, 7) is 11.7. The number of ether oxygens (including phenoxy) is 6. The maximum absolute atomic E-state index is 14.6. The van der Waals surface area contributed by atoms with E-state index in [1.165, 1.54) is 5.57 Å². The molecule has 4 saturated carbocycles. The summed E-state index contributed by atoms with van der Waals surface area (Å²) in [5, 5.41) is 115. The summed E-state index contributed by atoms with van der Waals surface area (Å²) in [7, 11) is 0. The Morgan fingerprint density at radius 3 is 1.75 bits per heavy atom. The molecule has 0 spiro atoms. The van der Waals surface area contributed by atoms with Crippen LogP contribution in [0.4, 0.5) is 0 Å². The van der Waals surface area contributed by atoms with Gasteiger partial charge in [-0.25, -0.2) is 0 Å². The molecular weight excluding hydrogens is 852 g/mol. The zero-order chi connectivity index (χ0) is 47.3. The number of esters is 1. The van der Waals surface area contributed by atoms with E-state index in [2.05, 4.69) is 47.6 Å². The molecule has 23 unspecified atom stereocenters. The monoisotopic (exact) mass is 929 g/mol. The highest BCUT2D eigenvalue weighted by atomic mass is 16.7. The smallest absolute Gasteiger partial charge is 0.315 e. The molecule has 3 saturated heterocycles. The lowest BCUT2D eigenvalue weighted by atomic mass is 9.37.